The molecule has 1 N–H and O–H groups in total. The van der Waals surface area contributed by atoms with Crippen molar-refractivity contribution in [1.29, 1.82) is 0 Å². The lowest BCUT2D eigenvalue weighted by Crippen LogP contribution is -2.30. The lowest BCUT2D eigenvalue weighted by Gasteiger charge is -2.13. The number of carbonyl (C=O) groups excluding carboxylic acids is 2. The maximum absolute atomic E-state index is 12.6. The van der Waals surface area contributed by atoms with E-state index in [4.69, 9.17) is 9.47 Å². The summed E-state index contributed by atoms with van der Waals surface area (Å²) in [5.74, 6) is 0.358. The maximum Gasteiger partial charge on any atom is 0.329 e. The largest absolute Gasteiger partial charge is 0.491 e. The number of benzene rings is 2. The summed E-state index contributed by atoms with van der Waals surface area (Å²) in [6, 6.07) is 15.7. The fourth-order valence-corrected chi connectivity index (χ4v) is 2.46. The van der Waals surface area contributed by atoms with Gasteiger partial charge in [0.2, 0.25) is 0 Å². The highest BCUT2D eigenvalue weighted by atomic mass is 16.5. The van der Waals surface area contributed by atoms with Crippen LogP contribution in [0.15, 0.2) is 48.5 Å². The number of nitrogens with one attached hydrogen (secondary N) is 1. The monoisotopic (exact) mass is 325 g/mol. The molecular weight excluding hydrogens is 308 g/mol. The van der Waals surface area contributed by atoms with Crippen LogP contribution in [0.5, 0.6) is 5.75 Å². The van der Waals surface area contributed by atoms with Crippen LogP contribution < -0.4 is 15.0 Å². The predicted molar refractivity (Wildman–Crippen MR) is 87.8 cm³/mol. The van der Waals surface area contributed by atoms with Gasteiger partial charge in [-0.3, -0.25) is 4.79 Å². The molecule has 0 unspecified atom stereocenters. The average molecular weight is 325 g/mol. The average Bonchev–Trinajstić information content (AvgIpc) is 2.91. The van der Waals surface area contributed by atoms with E-state index in [1.165, 1.54) is 0 Å². The third-order valence-corrected chi connectivity index (χ3v) is 3.64. The van der Waals surface area contributed by atoms with E-state index in [1.54, 1.807) is 55.6 Å². The second kappa shape index (κ2) is 7.14. The molecule has 1 radical (unpaired) electrons. The predicted octanol–water partition coefficient (Wildman–Crippen LogP) is 2.31. The lowest BCUT2D eigenvalue weighted by molar-refractivity contribution is -0.118. The van der Waals surface area contributed by atoms with E-state index in [-0.39, 0.29) is 5.91 Å². The van der Waals surface area contributed by atoms with Crippen molar-refractivity contribution in [2.24, 2.45) is 0 Å². The summed E-state index contributed by atoms with van der Waals surface area (Å²) >= 11 is 0. The van der Waals surface area contributed by atoms with Crippen LogP contribution in [0.1, 0.15) is 11.6 Å². The highest BCUT2D eigenvalue weighted by molar-refractivity contribution is 6.21. The molecule has 1 heterocycles. The first-order valence-corrected chi connectivity index (χ1v) is 7.53. The molecule has 6 heteroatoms. The number of para-hydroxylation sites is 1. The summed E-state index contributed by atoms with van der Waals surface area (Å²) in [5.41, 5.74) is 1.13. The highest BCUT2D eigenvalue weighted by Crippen LogP contribution is 2.27. The fourth-order valence-electron chi connectivity index (χ4n) is 2.46. The van der Waals surface area contributed by atoms with E-state index in [2.05, 4.69) is 11.4 Å². The molecule has 2 aromatic carbocycles. The van der Waals surface area contributed by atoms with Crippen LogP contribution in [0.25, 0.3) is 0 Å². The second-order valence-corrected chi connectivity index (χ2v) is 5.21. The fraction of sp³-hybridized carbons (Fsp3) is 0.222. The van der Waals surface area contributed by atoms with E-state index in [0.29, 0.717) is 30.2 Å². The van der Waals surface area contributed by atoms with Gasteiger partial charge >= 0.3 is 6.03 Å². The van der Waals surface area contributed by atoms with Crippen molar-refractivity contribution in [3.8, 4) is 5.75 Å². The molecule has 1 atom stereocenters. The Morgan fingerprint density at radius 2 is 1.92 bits per heavy atom. The minimum absolute atomic E-state index is 0.324. The third-order valence-electron chi connectivity index (χ3n) is 3.64. The molecule has 3 rings (SSSR count). The molecule has 123 valence electrons. The molecule has 0 saturated carbocycles. The van der Waals surface area contributed by atoms with Gasteiger partial charge in [-0.15, -0.1) is 0 Å². The first-order valence-electron chi connectivity index (χ1n) is 7.53. The Morgan fingerprint density at radius 1 is 1.12 bits per heavy atom. The molecule has 1 fully saturated rings. The van der Waals surface area contributed by atoms with Crippen molar-refractivity contribution in [1.82, 2.24) is 5.32 Å². The van der Waals surface area contributed by atoms with Gasteiger partial charge in [0.1, 0.15) is 18.4 Å². The van der Waals surface area contributed by atoms with E-state index in [9.17, 15) is 9.59 Å². The molecule has 6 nitrogen and oxygen atoms in total. The van der Waals surface area contributed by atoms with Gasteiger partial charge in [-0.1, -0.05) is 30.3 Å². The van der Waals surface area contributed by atoms with Crippen LogP contribution in [-0.2, 0) is 9.53 Å². The number of rotatable bonds is 6. The van der Waals surface area contributed by atoms with Crippen LogP contribution in [0.3, 0.4) is 0 Å². The summed E-state index contributed by atoms with van der Waals surface area (Å²) in [7, 11) is 1.61. The van der Waals surface area contributed by atoms with Crippen LogP contribution in [0, 0.1) is 6.07 Å². The molecule has 3 amide bonds. The van der Waals surface area contributed by atoms with Gasteiger partial charge < -0.3 is 14.8 Å². The van der Waals surface area contributed by atoms with Crippen LogP contribution in [0.2, 0.25) is 0 Å². The summed E-state index contributed by atoms with van der Waals surface area (Å²) in [6.45, 7) is 0.952. The van der Waals surface area contributed by atoms with E-state index < -0.39 is 12.1 Å². The van der Waals surface area contributed by atoms with Gasteiger partial charge in [-0.2, -0.15) is 0 Å². The lowest BCUT2D eigenvalue weighted by atomic mass is 10.1. The number of ether oxygens (including phenoxy) is 2. The summed E-state index contributed by atoms with van der Waals surface area (Å²) in [5, 5.41) is 2.70. The van der Waals surface area contributed by atoms with Gasteiger partial charge in [-0.05, 0) is 23.8 Å². The van der Waals surface area contributed by atoms with E-state index in [0.717, 1.165) is 4.90 Å². The Labute approximate surface area is 140 Å². The van der Waals surface area contributed by atoms with Crippen LogP contribution >= 0.6 is 0 Å². The zero-order chi connectivity index (χ0) is 16.9. The minimum Gasteiger partial charge on any atom is -0.491 e. The highest BCUT2D eigenvalue weighted by Gasteiger charge is 2.39. The van der Waals surface area contributed by atoms with Crippen molar-refractivity contribution >= 4 is 17.6 Å². The molecule has 1 aliphatic heterocycles. The smallest absolute Gasteiger partial charge is 0.329 e. The molecule has 0 aromatic heterocycles. The Balaban J connectivity index is 1.74. The number of hydrogen-bond acceptors (Lipinski definition) is 4. The quantitative estimate of drug-likeness (QED) is 0.654. The molecule has 0 spiro atoms. The topological polar surface area (TPSA) is 67.9 Å². The van der Waals surface area contributed by atoms with Crippen molar-refractivity contribution in [3.05, 3.63) is 60.2 Å². The molecule has 1 aliphatic rings. The first kappa shape index (κ1) is 16.0. The Morgan fingerprint density at radius 3 is 2.58 bits per heavy atom. The van der Waals surface area contributed by atoms with Crippen molar-refractivity contribution in [2.45, 2.75) is 6.04 Å². The number of hydrogen-bond donors (Lipinski definition) is 1. The number of urea groups is 1. The Kier molecular flexibility index (Phi) is 4.77. The minimum atomic E-state index is -0.709. The summed E-state index contributed by atoms with van der Waals surface area (Å²) in [4.78, 5) is 25.8. The van der Waals surface area contributed by atoms with E-state index in [1.807, 2.05) is 0 Å². The molecule has 24 heavy (non-hydrogen) atoms. The number of imide groups is 1. The number of methoxy groups -OCH3 is 1. The van der Waals surface area contributed by atoms with Crippen LogP contribution in [-0.4, -0.2) is 32.3 Å². The Hall–Kier alpha value is -2.86. The van der Waals surface area contributed by atoms with Crippen molar-refractivity contribution in [3.63, 3.8) is 0 Å². The SMILES string of the molecule is COCCOc1ccc([C@H]2NC(=O)N(c3[c]cccc3)C2=O)cc1. The summed E-state index contributed by atoms with van der Waals surface area (Å²) in [6.07, 6.45) is 0. The van der Waals surface area contributed by atoms with Crippen LogP contribution in [0.4, 0.5) is 10.5 Å². The molecule has 1 saturated heterocycles. The van der Waals surface area contributed by atoms with E-state index >= 15 is 0 Å². The normalized spacial score (nSPS) is 17.0. The molecule has 2 aromatic rings. The Bertz CT molecular complexity index is 716. The zero-order valence-electron chi connectivity index (χ0n) is 13.2. The third kappa shape index (κ3) is 3.23. The summed E-state index contributed by atoms with van der Waals surface area (Å²) < 4.78 is 10.4. The zero-order valence-corrected chi connectivity index (χ0v) is 13.2. The van der Waals surface area contributed by atoms with Gasteiger partial charge in [-0.25, -0.2) is 9.69 Å². The first-order chi connectivity index (χ1) is 11.7. The van der Waals surface area contributed by atoms with Gasteiger partial charge in [0, 0.05) is 13.2 Å². The standard InChI is InChI=1S/C18H17N2O4/c1-23-11-12-24-15-9-7-13(8-10-15)16-17(21)20(18(22)19-16)14-5-3-2-4-6-14/h2-5,7-10,16H,11-12H2,1H3,(H,19,22)/t16-/m1/s1. The van der Waals surface area contributed by atoms with Gasteiger partial charge in [0.25, 0.3) is 5.91 Å². The van der Waals surface area contributed by atoms with Crippen molar-refractivity contribution < 1.29 is 19.1 Å². The second-order valence-electron chi connectivity index (χ2n) is 5.21. The number of carbonyl (C=O) groups is 2. The molecule has 0 aliphatic carbocycles. The maximum atomic E-state index is 12.6. The number of amides is 3. The molecular formula is C18H17N2O4. The van der Waals surface area contributed by atoms with Crippen molar-refractivity contribution in [2.75, 3.05) is 25.2 Å². The number of nitrogens with zero attached hydrogens (tertiary/aromatic N) is 1. The molecule has 0 bridgehead atoms. The van der Waals surface area contributed by atoms with Gasteiger partial charge in [0.15, 0.2) is 0 Å². The number of anilines is 1. The van der Waals surface area contributed by atoms with Gasteiger partial charge in [0.05, 0.1) is 12.3 Å².